The molecule has 0 aliphatic carbocycles. The second kappa shape index (κ2) is 7.97. The molecule has 2 aromatic rings. The largest absolute Gasteiger partial charge is 0.468 e. The van der Waals surface area contributed by atoms with Gasteiger partial charge < -0.3 is 10.1 Å². The predicted molar refractivity (Wildman–Crippen MR) is 92.7 cm³/mol. The number of rotatable bonds is 6. The highest BCUT2D eigenvalue weighted by atomic mass is 32.2. The molecule has 0 spiro atoms. The molecule has 23 heavy (non-hydrogen) atoms. The smallest absolute Gasteiger partial charge is 0.316 e. The van der Waals surface area contributed by atoms with Gasteiger partial charge in [-0.15, -0.1) is 0 Å². The Balaban J connectivity index is 2.05. The molecule has 5 nitrogen and oxygen atoms in total. The Morgan fingerprint density at radius 1 is 1.26 bits per heavy atom. The van der Waals surface area contributed by atoms with E-state index in [-0.39, 0.29) is 17.8 Å². The van der Waals surface area contributed by atoms with Crippen LogP contribution in [0.3, 0.4) is 0 Å². The number of esters is 1. The van der Waals surface area contributed by atoms with Crippen LogP contribution in [0.1, 0.15) is 29.7 Å². The second-order valence-corrected chi connectivity index (χ2v) is 6.39. The number of hydrogen-bond donors (Lipinski definition) is 1. The van der Waals surface area contributed by atoms with E-state index in [2.05, 4.69) is 59.0 Å². The molecule has 1 atom stereocenters. The molecule has 0 saturated carbocycles. The molecule has 0 aliphatic heterocycles. The quantitative estimate of drug-likeness (QED) is 0.645. The molecule has 0 bridgehead atoms. The van der Waals surface area contributed by atoms with Gasteiger partial charge in [-0.3, -0.25) is 9.78 Å². The number of anilines is 1. The maximum atomic E-state index is 11.2. The van der Waals surface area contributed by atoms with Gasteiger partial charge >= 0.3 is 5.97 Å². The highest BCUT2D eigenvalue weighted by Crippen LogP contribution is 2.22. The van der Waals surface area contributed by atoms with Crippen LogP contribution >= 0.6 is 11.8 Å². The van der Waals surface area contributed by atoms with Gasteiger partial charge in [0.15, 0.2) is 0 Å². The van der Waals surface area contributed by atoms with Gasteiger partial charge in [0, 0.05) is 0 Å². The number of benzene rings is 1. The van der Waals surface area contributed by atoms with E-state index in [9.17, 15) is 4.79 Å². The monoisotopic (exact) mass is 331 g/mol. The minimum absolute atomic E-state index is 0.115. The van der Waals surface area contributed by atoms with Crippen LogP contribution in [0.15, 0.2) is 35.6 Å². The summed E-state index contributed by atoms with van der Waals surface area (Å²) < 4.78 is 4.62. The van der Waals surface area contributed by atoms with Gasteiger partial charge in [0.2, 0.25) is 0 Å². The Morgan fingerprint density at radius 2 is 1.96 bits per heavy atom. The summed E-state index contributed by atoms with van der Waals surface area (Å²) in [6.45, 7) is 6.27. The zero-order valence-electron chi connectivity index (χ0n) is 13.8. The van der Waals surface area contributed by atoms with Gasteiger partial charge in [0.25, 0.3) is 0 Å². The summed E-state index contributed by atoms with van der Waals surface area (Å²) in [5.41, 5.74) is 3.68. The Kier molecular flexibility index (Phi) is 5.98. The van der Waals surface area contributed by atoms with E-state index in [4.69, 9.17) is 0 Å². The molecule has 1 aromatic carbocycles. The summed E-state index contributed by atoms with van der Waals surface area (Å²) in [5.74, 6) is 0.631. The molecule has 0 radical (unpaired) electrons. The van der Waals surface area contributed by atoms with E-state index in [1.165, 1.54) is 35.6 Å². The first-order chi connectivity index (χ1) is 11.0. The Morgan fingerprint density at radius 3 is 2.61 bits per heavy atom. The molecule has 0 amide bonds. The first-order valence-corrected chi connectivity index (χ1v) is 8.33. The van der Waals surface area contributed by atoms with E-state index in [0.717, 1.165) is 0 Å². The van der Waals surface area contributed by atoms with Crippen molar-refractivity contribution in [3.8, 4) is 0 Å². The topological polar surface area (TPSA) is 64.1 Å². The van der Waals surface area contributed by atoms with Crippen LogP contribution in [0.5, 0.6) is 0 Å². The molecule has 0 fully saturated rings. The number of carbonyl (C=O) groups excluding carboxylic acids is 1. The summed E-state index contributed by atoms with van der Waals surface area (Å²) >= 11 is 1.31. The van der Waals surface area contributed by atoms with Crippen LogP contribution in [-0.4, -0.2) is 28.8 Å². The number of hydrogen-bond acceptors (Lipinski definition) is 6. The fourth-order valence-electron chi connectivity index (χ4n) is 2.24. The number of nitrogens with zero attached hydrogens (tertiary/aromatic N) is 2. The maximum Gasteiger partial charge on any atom is 0.316 e. The summed E-state index contributed by atoms with van der Waals surface area (Å²) in [5, 5.41) is 4.04. The van der Waals surface area contributed by atoms with Crippen molar-refractivity contribution in [1.29, 1.82) is 0 Å². The van der Waals surface area contributed by atoms with Crippen LogP contribution < -0.4 is 5.32 Å². The van der Waals surface area contributed by atoms with E-state index >= 15 is 0 Å². The molecule has 122 valence electrons. The Labute approximate surface area is 140 Å². The van der Waals surface area contributed by atoms with Crippen molar-refractivity contribution in [3.05, 3.63) is 47.3 Å². The van der Waals surface area contributed by atoms with Gasteiger partial charge in [-0.05, 0) is 26.3 Å². The highest BCUT2D eigenvalue weighted by Gasteiger charge is 2.09. The van der Waals surface area contributed by atoms with Gasteiger partial charge in [0.05, 0.1) is 31.3 Å². The van der Waals surface area contributed by atoms with Crippen LogP contribution in [-0.2, 0) is 9.53 Å². The van der Waals surface area contributed by atoms with Crippen LogP contribution in [0.25, 0.3) is 0 Å². The molecule has 1 heterocycles. The third-order valence-electron chi connectivity index (χ3n) is 3.29. The third kappa shape index (κ3) is 5.25. The van der Waals surface area contributed by atoms with Crippen molar-refractivity contribution in [2.45, 2.75) is 31.8 Å². The lowest BCUT2D eigenvalue weighted by molar-refractivity contribution is -0.137. The van der Waals surface area contributed by atoms with Crippen LogP contribution in [0.2, 0.25) is 0 Å². The molecule has 0 aliphatic rings. The number of thioether (sulfide) groups is 1. The fourth-order valence-corrected chi connectivity index (χ4v) is 2.93. The summed E-state index contributed by atoms with van der Waals surface area (Å²) in [6, 6.07) is 6.59. The second-order valence-electron chi connectivity index (χ2n) is 5.39. The number of ether oxygens (including phenoxy) is 1. The Bertz CT molecular complexity index is 671. The van der Waals surface area contributed by atoms with E-state index in [1.807, 2.05) is 0 Å². The lowest BCUT2D eigenvalue weighted by Gasteiger charge is -2.16. The lowest BCUT2D eigenvalue weighted by Crippen LogP contribution is -2.09. The number of aryl methyl sites for hydroxylation is 2. The van der Waals surface area contributed by atoms with E-state index in [0.29, 0.717) is 10.8 Å². The summed E-state index contributed by atoms with van der Waals surface area (Å²) in [6.07, 6.45) is 3.32. The summed E-state index contributed by atoms with van der Waals surface area (Å²) in [4.78, 5) is 19.8. The van der Waals surface area contributed by atoms with E-state index in [1.54, 1.807) is 12.4 Å². The molecule has 1 N–H and O–H groups in total. The van der Waals surface area contributed by atoms with Crippen molar-refractivity contribution in [2.24, 2.45) is 0 Å². The average molecular weight is 331 g/mol. The number of aromatic nitrogens is 2. The molecular formula is C17H21N3O2S. The number of nitrogens with one attached hydrogen (secondary N) is 1. The predicted octanol–water partition coefficient (Wildman–Crippen LogP) is 3.53. The van der Waals surface area contributed by atoms with Gasteiger partial charge in [-0.2, -0.15) is 0 Å². The first kappa shape index (κ1) is 17.3. The first-order valence-electron chi connectivity index (χ1n) is 7.34. The molecule has 2 rings (SSSR count). The lowest BCUT2D eigenvalue weighted by atomic mass is 10.0. The zero-order chi connectivity index (χ0) is 16.8. The number of carbonyl (C=O) groups is 1. The molecule has 6 heteroatoms. The molecule has 1 aromatic heterocycles. The molecular weight excluding hydrogens is 310 g/mol. The van der Waals surface area contributed by atoms with Crippen molar-refractivity contribution in [3.63, 3.8) is 0 Å². The van der Waals surface area contributed by atoms with E-state index < -0.39 is 0 Å². The highest BCUT2D eigenvalue weighted by molar-refractivity contribution is 7.99. The average Bonchev–Trinajstić information content (AvgIpc) is 2.52. The van der Waals surface area contributed by atoms with Gasteiger partial charge in [-0.25, -0.2) is 4.98 Å². The SMILES string of the molecule is COC(=O)CSc1cncc(NC(C)c2cc(C)cc(C)c2)n1. The minimum Gasteiger partial charge on any atom is -0.468 e. The maximum absolute atomic E-state index is 11.2. The number of methoxy groups -OCH3 is 1. The van der Waals surface area contributed by atoms with Crippen LogP contribution in [0, 0.1) is 13.8 Å². The van der Waals surface area contributed by atoms with Crippen molar-refractivity contribution in [1.82, 2.24) is 9.97 Å². The van der Waals surface area contributed by atoms with Gasteiger partial charge in [-0.1, -0.05) is 41.1 Å². The normalized spacial score (nSPS) is 11.8. The standard InChI is InChI=1S/C17H21N3O2S/c1-11-5-12(2)7-14(6-11)13(3)19-15-8-18-9-16(20-15)23-10-17(21)22-4/h5-9,13H,10H2,1-4H3,(H,19,20). The van der Waals surface area contributed by atoms with Gasteiger partial charge in [0.1, 0.15) is 10.8 Å². The van der Waals surface area contributed by atoms with Crippen molar-refractivity contribution in [2.75, 3.05) is 18.2 Å². The van der Waals surface area contributed by atoms with Crippen LogP contribution in [0.4, 0.5) is 5.82 Å². The molecule has 0 saturated heterocycles. The fraction of sp³-hybridized carbons (Fsp3) is 0.353. The summed E-state index contributed by atoms with van der Waals surface area (Å²) in [7, 11) is 1.37. The third-order valence-corrected chi connectivity index (χ3v) is 4.16. The Hall–Kier alpha value is -2.08. The molecule has 1 unspecified atom stereocenters. The minimum atomic E-state index is -0.279. The zero-order valence-corrected chi connectivity index (χ0v) is 14.6. The van der Waals surface area contributed by atoms with Crippen molar-refractivity contribution < 1.29 is 9.53 Å². The van der Waals surface area contributed by atoms with Crippen molar-refractivity contribution >= 4 is 23.5 Å².